The van der Waals surface area contributed by atoms with Gasteiger partial charge in [0.25, 0.3) is 0 Å². The van der Waals surface area contributed by atoms with Crippen molar-refractivity contribution in [2.75, 3.05) is 11.9 Å². The lowest BCUT2D eigenvalue weighted by atomic mass is 10.1. The van der Waals surface area contributed by atoms with Crippen LogP contribution in [0.1, 0.15) is 58.2 Å². The second kappa shape index (κ2) is 12.9. The summed E-state index contributed by atoms with van der Waals surface area (Å²) >= 11 is 1.53. The molecule has 1 aliphatic carbocycles. The number of fused-ring (bicyclic) bond motifs is 1. The Labute approximate surface area is 241 Å². The summed E-state index contributed by atoms with van der Waals surface area (Å²) in [5.41, 5.74) is 2.17. The van der Waals surface area contributed by atoms with E-state index in [0.717, 1.165) is 31.2 Å². The maximum absolute atomic E-state index is 12.2. The predicted octanol–water partition coefficient (Wildman–Crippen LogP) is 3.80. The van der Waals surface area contributed by atoms with Crippen LogP contribution in [-0.2, 0) is 39.1 Å². The van der Waals surface area contributed by atoms with Crippen LogP contribution < -0.4 is 5.32 Å². The molecule has 0 unspecified atom stereocenters. The lowest BCUT2D eigenvalue weighted by Crippen LogP contribution is -2.40. The number of aromatic nitrogens is 4. The van der Waals surface area contributed by atoms with Gasteiger partial charge in [0.15, 0.2) is 24.1 Å². The van der Waals surface area contributed by atoms with Crippen LogP contribution in [0.2, 0.25) is 0 Å². The fourth-order valence-corrected chi connectivity index (χ4v) is 6.11. The molecule has 5 rings (SSSR count). The van der Waals surface area contributed by atoms with Crippen LogP contribution in [0.5, 0.6) is 0 Å². The monoisotopic (exact) mass is 583 g/mol. The number of thioether (sulfide) groups is 1. The molecule has 1 aromatic carbocycles. The predicted molar refractivity (Wildman–Crippen MR) is 149 cm³/mol. The minimum absolute atomic E-state index is 0.189. The first-order valence-electron chi connectivity index (χ1n) is 13.6. The Hall–Kier alpha value is -3.71. The number of rotatable bonds is 10. The van der Waals surface area contributed by atoms with Gasteiger partial charge in [0, 0.05) is 32.6 Å². The zero-order valence-electron chi connectivity index (χ0n) is 23.1. The first-order chi connectivity index (χ1) is 19.8. The van der Waals surface area contributed by atoms with E-state index in [-0.39, 0.29) is 12.6 Å². The Balaban J connectivity index is 1.57. The molecule has 2 fully saturated rings. The van der Waals surface area contributed by atoms with Gasteiger partial charge in [0.2, 0.25) is 5.95 Å². The van der Waals surface area contributed by atoms with Gasteiger partial charge in [-0.3, -0.25) is 19.0 Å². The summed E-state index contributed by atoms with van der Waals surface area (Å²) in [7, 11) is 0. The lowest BCUT2D eigenvalue weighted by Gasteiger charge is -2.25. The molecule has 1 aliphatic heterocycles. The van der Waals surface area contributed by atoms with Crippen molar-refractivity contribution < 1.29 is 33.3 Å². The third-order valence-electron chi connectivity index (χ3n) is 6.95. The number of ether oxygens (including phenoxy) is 4. The van der Waals surface area contributed by atoms with Crippen molar-refractivity contribution >= 4 is 46.8 Å². The summed E-state index contributed by atoms with van der Waals surface area (Å²) in [5.74, 6) is -0.540. The first-order valence-corrected chi connectivity index (χ1v) is 14.6. The largest absolute Gasteiger partial charge is 0.463 e. The van der Waals surface area contributed by atoms with E-state index in [2.05, 4.69) is 15.3 Å². The van der Waals surface area contributed by atoms with E-state index in [1.807, 2.05) is 30.3 Å². The number of carbonyl (C=O) groups excluding carboxylic acids is 3. The summed E-state index contributed by atoms with van der Waals surface area (Å²) in [6.45, 7) is 3.60. The molecule has 2 aromatic heterocycles. The van der Waals surface area contributed by atoms with E-state index >= 15 is 0 Å². The van der Waals surface area contributed by atoms with Crippen molar-refractivity contribution in [2.45, 2.75) is 87.8 Å². The van der Waals surface area contributed by atoms with Crippen LogP contribution >= 0.6 is 11.8 Å². The number of hydrogen-bond donors (Lipinski definition) is 1. The van der Waals surface area contributed by atoms with E-state index in [4.69, 9.17) is 23.9 Å². The number of benzene rings is 1. The molecule has 12 nitrogen and oxygen atoms in total. The summed E-state index contributed by atoms with van der Waals surface area (Å²) in [5, 5.41) is 4.22. The molecule has 0 amide bonds. The number of anilines is 1. The average Bonchev–Trinajstić information content (AvgIpc) is 3.65. The second-order valence-electron chi connectivity index (χ2n) is 10.1. The van der Waals surface area contributed by atoms with Gasteiger partial charge in [-0.1, -0.05) is 54.9 Å². The minimum atomic E-state index is -1.06. The average molecular weight is 584 g/mol. The smallest absolute Gasteiger partial charge is 0.303 e. The molecular weight excluding hydrogens is 550 g/mol. The summed E-state index contributed by atoms with van der Waals surface area (Å²) in [6.07, 6.45) is 1.64. The van der Waals surface area contributed by atoms with Crippen molar-refractivity contribution in [3.63, 3.8) is 0 Å². The molecule has 13 heteroatoms. The van der Waals surface area contributed by atoms with Crippen LogP contribution in [0.15, 0.2) is 41.7 Å². The van der Waals surface area contributed by atoms with Crippen molar-refractivity contribution in [1.29, 1.82) is 0 Å². The lowest BCUT2D eigenvalue weighted by molar-refractivity contribution is -0.166. The SMILES string of the molecule is CC(=O)OC[C@H]1O[C@@H](n2c(NC3CCCC3)nc3c(SCc4ccccc4)ncnc32)[C@H](OC(C)=O)[C@@H]1OC(C)=O. The van der Waals surface area contributed by atoms with E-state index in [9.17, 15) is 14.4 Å². The Kier molecular flexibility index (Phi) is 9.03. The van der Waals surface area contributed by atoms with Gasteiger partial charge < -0.3 is 24.3 Å². The summed E-state index contributed by atoms with van der Waals surface area (Å²) < 4.78 is 24.6. The number of nitrogens with one attached hydrogen (secondary N) is 1. The van der Waals surface area contributed by atoms with Crippen molar-refractivity contribution in [1.82, 2.24) is 19.5 Å². The van der Waals surface area contributed by atoms with Crippen LogP contribution in [0, 0.1) is 0 Å². The van der Waals surface area contributed by atoms with E-state index in [0.29, 0.717) is 27.9 Å². The summed E-state index contributed by atoms with van der Waals surface area (Å²) in [6, 6.07) is 10.2. The number of esters is 3. The molecule has 1 saturated heterocycles. The highest BCUT2D eigenvalue weighted by Gasteiger charge is 2.52. The second-order valence-corrected chi connectivity index (χ2v) is 11.0. The van der Waals surface area contributed by atoms with Gasteiger partial charge in [0.05, 0.1) is 0 Å². The third kappa shape index (κ3) is 6.79. The van der Waals surface area contributed by atoms with Crippen molar-refractivity contribution in [3.8, 4) is 0 Å². The molecule has 0 radical (unpaired) electrons. The number of hydrogen-bond acceptors (Lipinski definition) is 12. The van der Waals surface area contributed by atoms with Gasteiger partial charge in [-0.15, -0.1) is 0 Å². The minimum Gasteiger partial charge on any atom is -0.463 e. The Bertz CT molecular complexity index is 1400. The van der Waals surface area contributed by atoms with Gasteiger partial charge >= 0.3 is 17.9 Å². The highest BCUT2D eigenvalue weighted by molar-refractivity contribution is 7.98. The van der Waals surface area contributed by atoms with E-state index < -0.39 is 42.4 Å². The highest BCUT2D eigenvalue weighted by Crippen LogP contribution is 2.40. The quantitative estimate of drug-likeness (QED) is 0.160. The molecule has 4 atom stereocenters. The molecular formula is C28H33N5O7S. The fraction of sp³-hybridized carbons (Fsp3) is 0.500. The standard InChI is InChI=1S/C28H33N5O7S/c1-16(34)37-13-21-23(38-17(2)35)24(39-18(3)36)27(40-21)33-25-22(32-28(33)31-20-11-7-8-12-20)26(30-15-29-25)41-14-19-9-5-4-6-10-19/h4-6,9-10,15,20-21,23-24,27H,7-8,11-14H2,1-3H3,(H,31,32)/t21-,23-,24-,27-/m1/s1. The molecule has 1 saturated carbocycles. The van der Waals surface area contributed by atoms with E-state index in [1.165, 1.54) is 38.9 Å². The molecule has 0 spiro atoms. The number of nitrogens with zero attached hydrogens (tertiary/aromatic N) is 4. The molecule has 3 aromatic rings. The van der Waals surface area contributed by atoms with Crippen LogP contribution in [0.25, 0.3) is 11.2 Å². The maximum atomic E-state index is 12.2. The molecule has 1 N–H and O–H groups in total. The van der Waals surface area contributed by atoms with Crippen LogP contribution in [-0.4, -0.2) is 68.4 Å². The molecule has 218 valence electrons. The Morgan fingerprint density at radius 1 is 1.00 bits per heavy atom. The third-order valence-corrected chi connectivity index (χ3v) is 8.00. The van der Waals surface area contributed by atoms with Crippen LogP contribution in [0.4, 0.5) is 5.95 Å². The normalized spacial score (nSPS) is 22.5. The number of imidazole rings is 1. The van der Waals surface area contributed by atoms with Gasteiger partial charge in [-0.05, 0) is 18.4 Å². The molecule has 0 bridgehead atoms. The fourth-order valence-electron chi connectivity index (χ4n) is 5.22. The van der Waals surface area contributed by atoms with Gasteiger partial charge in [-0.2, -0.15) is 0 Å². The van der Waals surface area contributed by atoms with E-state index in [1.54, 1.807) is 4.57 Å². The first kappa shape index (κ1) is 28.8. The Morgan fingerprint density at radius 3 is 2.39 bits per heavy atom. The number of carbonyl (C=O) groups is 3. The van der Waals surface area contributed by atoms with Gasteiger partial charge in [0.1, 0.15) is 29.6 Å². The highest BCUT2D eigenvalue weighted by atomic mass is 32.2. The molecule has 41 heavy (non-hydrogen) atoms. The maximum Gasteiger partial charge on any atom is 0.303 e. The van der Waals surface area contributed by atoms with Crippen LogP contribution in [0.3, 0.4) is 0 Å². The topological polar surface area (TPSA) is 144 Å². The van der Waals surface area contributed by atoms with Crippen molar-refractivity contribution in [3.05, 3.63) is 42.2 Å². The van der Waals surface area contributed by atoms with Gasteiger partial charge in [-0.25, -0.2) is 15.0 Å². The molecule has 2 aliphatic rings. The van der Waals surface area contributed by atoms with Crippen molar-refractivity contribution in [2.24, 2.45) is 0 Å². The zero-order valence-corrected chi connectivity index (χ0v) is 24.0. The zero-order chi connectivity index (χ0) is 28.9. The molecule has 3 heterocycles. The summed E-state index contributed by atoms with van der Waals surface area (Å²) in [4.78, 5) is 49.9. The Morgan fingerprint density at radius 2 is 1.71 bits per heavy atom.